The van der Waals surface area contributed by atoms with Crippen molar-refractivity contribution in [3.63, 3.8) is 0 Å². The third kappa shape index (κ3) is 2.38. The first kappa shape index (κ1) is 13.0. The average Bonchev–Trinajstić information content (AvgIpc) is 2.21. The summed E-state index contributed by atoms with van der Waals surface area (Å²) < 4.78 is 18.9. The Hall–Kier alpha value is -1.42. The van der Waals surface area contributed by atoms with Crippen LogP contribution in [-0.4, -0.2) is 19.1 Å². The maximum Gasteiger partial charge on any atom is 0.312 e. The van der Waals surface area contributed by atoms with Crippen molar-refractivity contribution in [1.29, 1.82) is 0 Å². The van der Waals surface area contributed by atoms with Crippen molar-refractivity contribution >= 4 is 5.97 Å². The Morgan fingerprint density at radius 1 is 1.39 bits per heavy atom. The first-order chi connectivity index (χ1) is 8.33. The highest BCUT2D eigenvalue weighted by Gasteiger charge is 2.44. The van der Waals surface area contributed by atoms with Crippen LogP contribution in [0.15, 0.2) is 24.3 Å². The van der Waals surface area contributed by atoms with Gasteiger partial charge in [0.2, 0.25) is 0 Å². The number of ether oxygens (including phenoxy) is 1. The van der Waals surface area contributed by atoms with Gasteiger partial charge < -0.3 is 10.1 Å². The Balaban J connectivity index is 2.24. The lowest BCUT2D eigenvalue weighted by Crippen LogP contribution is -2.60. The van der Waals surface area contributed by atoms with Gasteiger partial charge >= 0.3 is 5.97 Å². The van der Waals surface area contributed by atoms with E-state index in [0.717, 1.165) is 0 Å². The number of hydrogen-bond acceptors (Lipinski definition) is 3. The fourth-order valence-electron chi connectivity index (χ4n) is 1.79. The van der Waals surface area contributed by atoms with Gasteiger partial charge in [0.15, 0.2) is 5.60 Å². The molecule has 0 spiro atoms. The minimum absolute atomic E-state index is 0.270. The van der Waals surface area contributed by atoms with Gasteiger partial charge in [-0.1, -0.05) is 12.1 Å². The summed E-state index contributed by atoms with van der Waals surface area (Å²) in [5, 5.41) is 3.08. The van der Waals surface area contributed by atoms with E-state index in [1.165, 1.54) is 12.1 Å². The molecule has 1 saturated heterocycles. The largest absolute Gasteiger partial charge is 0.451 e. The van der Waals surface area contributed by atoms with Crippen LogP contribution in [0.3, 0.4) is 0 Å². The standard InChI is InChI=1S/C14H18FNO2/c1-13(2,3)12(17)18-14(8-16-9-14)10-5-4-6-11(15)7-10/h4-7,16H,8-9H2,1-3H3. The zero-order valence-corrected chi connectivity index (χ0v) is 10.9. The van der Waals surface area contributed by atoms with E-state index in [4.69, 9.17) is 4.74 Å². The van der Waals surface area contributed by atoms with Gasteiger partial charge in [0.1, 0.15) is 5.82 Å². The Kier molecular flexibility index (Phi) is 3.15. The Morgan fingerprint density at radius 2 is 2.06 bits per heavy atom. The van der Waals surface area contributed by atoms with Crippen molar-refractivity contribution in [3.8, 4) is 0 Å². The molecule has 0 aliphatic carbocycles. The van der Waals surface area contributed by atoms with Gasteiger partial charge in [0, 0.05) is 18.7 Å². The van der Waals surface area contributed by atoms with Crippen molar-refractivity contribution in [1.82, 2.24) is 5.32 Å². The number of halogens is 1. The number of benzene rings is 1. The highest BCUT2D eigenvalue weighted by molar-refractivity contribution is 5.76. The maximum atomic E-state index is 13.3. The minimum atomic E-state index is -0.716. The molecular weight excluding hydrogens is 233 g/mol. The molecule has 0 saturated carbocycles. The molecule has 0 bridgehead atoms. The van der Waals surface area contributed by atoms with Gasteiger partial charge in [0.05, 0.1) is 5.41 Å². The van der Waals surface area contributed by atoms with E-state index in [2.05, 4.69) is 5.32 Å². The summed E-state index contributed by atoms with van der Waals surface area (Å²) >= 11 is 0. The molecule has 1 N–H and O–H groups in total. The Labute approximate surface area is 106 Å². The quantitative estimate of drug-likeness (QED) is 0.819. The van der Waals surface area contributed by atoms with Crippen LogP contribution >= 0.6 is 0 Å². The van der Waals surface area contributed by atoms with Crippen LogP contribution in [0.2, 0.25) is 0 Å². The molecular formula is C14H18FNO2. The summed E-state index contributed by atoms with van der Waals surface area (Å²) in [4.78, 5) is 12.0. The van der Waals surface area contributed by atoms with Crippen LogP contribution in [0.4, 0.5) is 4.39 Å². The highest BCUT2D eigenvalue weighted by Crippen LogP contribution is 2.33. The van der Waals surface area contributed by atoms with E-state index in [1.807, 2.05) is 0 Å². The van der Waals surface area contributed by atoms with Crippen molar-refractivity contribution in [2.45, 2.75) is 26.4 Å². The molecule has 1 aromatic carbocycles. The lowest BCUT2D eigenvalue weighted by Gasteiger charge is -2.43. The Bertz CT molecular complexity index is 461. The SMILES string of the molecule is CC(C)(C)C(=O)OC1(c2cccc(F)c2)CNC1. The lowest BCUT2D eigenvalue weighted by molar-refractivity contribution is -0.177. The number of carbonyl (C=O) groups excluding carboxylic acids is 1. The number of nitrogens with one attached hydrogen (secondary N) is 1. The molecule has 0 amide bonds. The fraction of sp³-hybridized carbons (Fsp3) is 0.500. The van der Waals surface area contributed by atoms with E-state index in [9.17, 15) is 9.18 Å². The van der Waals surface area contributed by atoms with E-state index in [-0.39, 0.29) is 11.8 Å². The van der Waals surface area contributed by atoms with E-state index in [0.29, 0.717) is 18.7 Å². The van der Waals surface area contributed by atoms with E-state index < -0.39 is 11.0 Å². The summed E-state index contributed by atoms with van der Waals surface area (Å²) in [6, 6.07) is 6.24. The third-order valence-electron chi connectivity index (χ3n) is 3.07. The van der Waals surface area contributed by atoms with Crippen LogP contribution < -0.4 is 5.32 Å². The number of rotatable bonds is 2. The average molecular weight is 251 g/mol. The molecule has 0 radical (unpaired) electrons. The highest BCUT2D eigenvalue weighted by atomic mass is 19.1. The molecule has 1 aromatic rings. The van der Waals surface area contributed by atoms with Crippen LogP contribution in [0, 0.1) is 11.2 Å². The molecule has 1 aliphatic heterocycles. The second-order valence-corrected chi connectivity index (χ2v) is 5.75. The molecule has 0 unspecified atom stereocenters. The van der Waals surface area contributed by atoms with Crippen molar-refractivity contribution in [2.24, 2.45) is 5.41 Å². The number of hydrogen-bond donors (Lipinski definition) is 1. The third-order valence-corrected chi connectivity index (χ3v) is 3.07. The molecule has 0 atom stereocenters. The lowest BCUT2D eigenvalue weighted by atomic mass is 9.87. The smallest absolute Gasteiger partial charge is 0.312 e. The van der Waals surface area contributed by atoms with Crippen molar-refractivity contribution in [3.05, 3.63) is 35.6 Å². The first-order valence-electron chi connectivity index (χ1n) is 6.04. The molecule has 4 heteroatoms. The van der Waals surface area contributed by atoms with E-state index >= 15 is 0 Å². The van der Waals surface area contributed by atoms with Crippen molar-refractivity contribution in [2.75, 3.05) is 13.1 Å². The predicted octanol–water partition coefficient (Wildman–Crippen LogP) is 2.21. The number of esters is 1. The van der Waals surface area contributed by atoms with Crippen LogP contribution in [0.1, 0.15) is 26.3 Å². The summed E-state index contributed by atoms with van der Waals surface area (Å²) in [5.74, 6) is -0.584. The zero-order chi connectivity index (χ0) is 13.4. The zero-order valence-electron chi connectivity index (χ0n) is 10.9. The van der Waals surface area contributed by atoms with Crippen molar-refractivity contribution < 1.29 is 13.9 Å². The summed E-state index contributed by atoms with van der Waals surface area (Å²) in [6.07, 6.45) is 0. The van der Waals surface area contributed by atoms with Crippen LogP contribution in [0.25, 0.3) is 0 Å². The summed E-state index contributed by atoms with van der Waals surface area (Å²) in [5.41, 5.74) is -0.568. The van der Waals surface area contributed by atoms with Crippen LogP contribution in [-0.2, 0) is 15.1 Å². The van der Waals surface area contributed by atoms with Gasteiger partial charge in [0.25, 0.3) is 0 Å². The van der Waals surface area contributed by atoms with Gasteiger partial charge in [-0.15, -0.1) is 0 Å². The molecule has 3 nitrogen and oxygen atoms in total. The minimum Gasteiger partial charge on any atom is -0.451 e. The van der Waals surface area contributed by atoms with Gasteiger partial charge in [-0.25, -0.2) is 4.39 Å². The topological polar surface area (TPSA) is 38.3 Å². The second kappa shape index (κ2) is 4.35. The predicted molar refractivity (Wildman–Crippen MR) is 66.5 cm³/mol. The molecule has 1 fully saturated rings. The summed E-state index contributed by atoms with van der Waals surface area (Å²) in [7, 11) is 0. The first-order valence-corrected chi connectivity index (χ1v) is 6.04. The molecule has 1 heterocycles. The molecule has 98 valence electrons. The maximum absolute atomic E-state index is 13.3. The molecule has 1 aliphatic rings. The van der Waals surface area contributed by atoms with Gasteiger partial charge in [-0.2, -0.15) is 0 Å². The number of carbonyl (C=O) groups is 1. The fourth-order valence-corrected chi connectivity index (χ4v) is 1.79. The molecule has 0 aromatic heterocycles. The molecule has 18 heavy (non-hydrogen) atoms. The van der Waals surface area contributed by atoms with Gasteiger partial charge in [-0.05, 0) is 32.9 Å². The monoisotopic (exact) mass is 251 g/mol. The van der Waals surface area contributed by atoms with Gasteiger partial charge in [-0.3, -0.25) is 4.79 Å². The second-order valence-electron chi connectivity index (χ2n) is 5.75. The van der Waals surface area contributed by atoms with Crippen LogP contribution in [0.5, 0.6) is 0 Å². The van der Waals surface area contributed by atoms with E-state index in [1.54, 1.807) is 32.9 Å². The summed E-state index contributed by atoms with van der Waals surface area (Å²) in [6.45, 7) is 6.47. The normalized spacial score (nSPS) is 18.0. The Morgan fingerprint density at radius 3 is 2.50 bits per heavy atom. The molecule has 2 rings (SSSR count).